The Morgan fingerprint density at radius 2 is 2.19 bits per heavy atom. The van der Waals surface area contributed by atoms with Crippen LogP contribution in [0.4, 0.5) is 11.4 Å². The van der Waals surface area contributed by atoms with Gasteiger partial charge in [-0.25, -0.2) is 0 Å². The molecule has 4 heteroatoms. The lowest BCUT2D eigenvalue weighted by Gasteiger charge is -2.40. The van der Waals surface area contributed by atoms with Crippen LogP contribution >= 0.6 is 0 Å². The number of carbonyl (C=O) groups excluding carboxylic acids is 1. The number of fused-ring (bicyclic) bond motifs is 1. The first-order valence-corrected chi connectivity index (χ1v) is 5.64. The first kappa shape index (κ1) is 9.51. The lowest BCUT2D eigenvalue weighted by molar-refractivity contribution is -0.118. The van der Waals surface area contributed by atoms with Crippen molar-refractivity contribution in [1.82, 2.24) is 0 Å². The van der Waals surface area contributed by atoms with Crippen LogP contribution in [0.1, 0.15) is 19.3 Å². The second kappa shape index (κ2) is 3.40. The topological polar surface area (TPSA) is 52.6 Å². The summed E-state index contributed by atoms with van der Waals surface area (Å²) in [6.45, 7) is 0.326. The summed E-state index contributed by atoms with van der Waals surface area (Å²) >= 11 is 0. The minimum Gasteiger partial charge on any atom is -0.508 e. The van der Waals surface area contributed by atoms with Gasteiger partial charge in [0.15, 0.2) is 0 Å². The zero-order valence-corrected chi connectivity index (χ0v) is 8.94. The molecule has 1 aliphatic heterocycles. The van der Waals surface area contributed by atoms with Gasteiger partial charge in [0.25, 0.3) is 0 Å². The molecule has 0 spiro atoms. The fourth-order valence-electron chi connectivity index (χ4n) is 2.31. The van der Waals surface area contributed by atoms with Crippen LogP contribution in [0.15, 0.2) is 18.2 Å². The molecule has 0 saturated heterocycles. The van der Waals surface area contributed by atoms with Crippen molar-refractivity contribution in [3.8, 4) is 5.75 Å². The highest BCUT2D eigenvalue weighted by Crippen LogP contribution is 2.38. The van der Waals surface area contributed by atoms with Gasteiger partial charge >= 0.3 is 0 Å². The summed E-state index contributed by atoms with van der Waals surface area (Å²) in [5, 5.41) is 12.4. The number of carbonyl (C=O) groups is 1. The summed E-state index contributed by atoms with van der Waals surface area (Å²) in [6.07, 6.45) is 3.38. The van der Waals surface area contributed by atoms with E-state index in [2.05, 4.69) is 5.32 Å². The molecule has 1 fully saturated rings. The maximum absolute atomic E-state index is 11.9. The normalized spacial score (nSPS) is 20.0. The average Bonchev–Trinajstić information content (AvgIpc) is 2.19. The van der Waals surface area contributed by atoms with E-state index in [1.807, 2.05) is 11.0 Å². The summed E-state index contributed by atoms with van der Waals surface area (Å²) in [5.41, 5.74) is 1.75. The van der Waals surface area contributed by atoms with Gasteiger partial charge in [-0.2, -0.15) is 0 Å². The molecule has 3 rings (SSSR count). The van der Waals surface area contributed by atoms with Gasteiger partial charge in [-0.05, 0) is 31.4 Å². The molecule has 0 unspecified atom stereocenters. The molecule has 2 aliphatic rings. The van der Waals surface area contributed by atoms with Crippen molar-refractivity contribution in [3.63, 3.8) is 0 Å². The Balaban J connectivity index is 2.02. The van der Waals surface area contributed by atoms with Crippen molar-refractivity contribution >= 4 is 17.3 Å². The van der Waals surface area contributed by atoms with Crippen LogP contribution in [0.2, 0.25) is 0 Å². The lowest BCUT2D eigenvalue weighted by Crippen LogP contribution is -2.49. The number of hydrogen-bond donors (Lipinski definition) is 2. The van der Waals surface area contributed by atoms with Gasteiger partial charge in [-0.1, -0.05) is 0 Å². The van der Waals surface area contributed by atoms with Crippen molar-refractivity contribution < 1.29 is 9.90 Å². The van der Waals surface area contributed by atoms with E-state index in [9.17, 15) is 9.90 Å². The van der Waals surface area contributed by atoms with Gasteiger partial charge in [0, 0.05) is 12.1 Å². The Bertz CT molecular complexity index is 441. The minimum absolute atomic E-state index is 0.128. The Labute approximate surface area is 93.9 Å². The van der Waals surface area contributed by atoms with Gasteiger partial charge in [0.1, 0.15) is 5.75 Å². The van der Waals surface area contributed by atoms with Crippen molar-refractivity contribution in [1.29, 1.82) is 0 Å². The van der Waals surface area contributed by atoms with Gasteiger partial charge in [0.05, 0.1) is 17.9 Å². The van der Waals surface area contributed by atoms with Gasteiger partial charge in [-0.15, -0.1) is 0 Å². The van der Waals surface area contributed by atoms with Crippen molar-refractivity contribution in [3.05, 3.63) is 18.2 Å². The summed E-state index contributed by atoms with van der Waals surface area (Å²) in [4.78, 5) is 13.8. The van der Waals surface area contributed by atoms with E-state index in [4.69, 9.17) is 0 Å². The number of hydrogen-bond acceptors (Lipinski definition) is 3. The largest absolute Gasteiger partial charge is 0.508 e. The summed E-state index contributed by atoms with van der Waals surface area (Å²) in [5.74, 6) is 0.358. The summed E-state index contributed by atoms with van der Waals surface area (Å²) < 4.78 is 0. The fraction of sp³-hybridized carbons (Fsp3) is 0.417. The number of anilines is 2. The number of benzene rings is 1. The number of nitrogens with zero attached hydrogens (tertiary/aromatic N) is 1. The third-order valence-electron chi connectivity index (χ3n) is 3.38. The van der Waals surface area contributed by atoms with E-state index in [-0.39, 0.29) is 11.7 Å². The first-order valence-electron chi connectivity index (χ1n) is 5.64. The number of aromatic hydroxyl groups is 1. The molecule has 1 aliphatic carbocycles. The molecule has 1 amide bonds. The van der Waals surface area contributed by atoms with E-state index in [1.54, 1.807) is 12.1 Å². The summed E-state index contributed by atoms with van der Waals surface area (Å²) in [6, 6.07) is 5.48. The zero-order valence-electron chi connectivity index (χ0n) is 8.94. The SMILES string of the molecule is O=C1CNc2cc(O)ccc2N1C1CCC1. The highest BCUT2D eigenvalue weighted by Gasteiger charge is 2.33. The molecule has 4 nitrogen and oxygen atoms in total. The number of phenolic OH excluding ortho intramolecular Hbond substituents is 1. The Morgan fingerprint density at radius 3 is 2.88 bits per heavy atom. The van der Waals surface area contributed by atoms with Crippen molar-refractivity contribution in [2.45, 2.75) is 25.3 Å². The molecule has 0 bridgehead atoms. The Hall–Kier alpha value is -1.71. The van der Waals surface area contributed by atoms with E-state index in [1.165, 1.54) is 6.42 Å². The number of nitrogens with one attached hydrogen (secondary N) is 1. The van der Waals surface area contributed by atoms with Crippen LogP contribution in [-0.4, -0.2) is 23.6 Å². The number of rotatable bonds is 1. The Morgan fingerprint density at radius 1 is 1.38 bits per heavy atom. The predicted molar refractivity (Wildman–Crippen MR) is 61.7 cm³/mol. The molecule has 2 N–H and O–H groups in total. The van der Waals surface area contributed by atoms with E-state index in [0.29, 0.717) is 12.6 Å². The quantitative estimate of drug-likeness (QED) is 0.754. The van der Waals surface area contributed by atoms with Crippen LogP contribution in [0.25, 0.3) is 0 Å². The van der Waals surface area contributed by atoms with Gasteiger partial charge in [-0.3, -0.25) is 4.79 Å². The second-order valence-corrected chi connectivity index (χ2v) is 4.40. The average molecular weight is 218 g/mol. The molecule has 0 radical (unpaired) electrons. The monoisotopic (exact) mass is 218 g/mol. The lowest BCUT2D eigenvalue weighted by atomic mass is 9.90. The first-order chi connectivity index (χ1) is 7.75. The highest BCUT2D eigenvalue weighted by molar-refractivity contribution is 6.03. The van der Waals surface area contributed by atoms with Crippen LogP contribution in [0.5, 0.6) is 5.75 Å². The number of amides is 1. The summed E-state index contributed by atoms with van der Waals surface area (Å²) in [7, 11) is 0. The molecule has 1 aromatic rings. The van der Waals surface area contributed by atoms with Crippen molar-refractivity contribution in [2.75, 3.05) is 16.8 Å². The molecule has 1 saturated carbocycles. The maximum atomic E-state index is 11.9. The predicted octanol–water partition coefficient (Wildman–Crippen LogP) is 1.70. The van der Waals surface area contributed by atoms with E-state index < -0.39 is 0 Å². The van der Waals surface area contributed by atoms with Crippen LogP contribution in [0.3, 0.4) is 0 Å². The standard InChI is InChI=1S/C12H14N2O2/c15-9-4-5-11-10(6-9)13-7-12(16)14(11)8-2-1-3-8/h4-6,8,13,15H,1-3,7H2. The fourth-order valence-corrected chi connectivity index (χ4v) is 2.31. The van der Waals surface area contributed by atoms with Gasteiger partial charge in [0.2, 0.25) is 5.91 Å². The highest BCUT2D eigenvalue weighted by atomic mass is 16.3. The Kier molecular flexibility index (Phi) is 2.02. The van der Waals surface area contributed by atoms with Crippen LogP contribution in [-0.2, 0) is 4.79 Å². The minimum atomic E-state index is 0.128. The molecule has 1 heterocycles. The molecule has 1 aromatic carbocycles. The van der Waals surface area contributed by atoms with Crippen LogP contribution in [0, 0.1) is 0 Å². The smallest absolute Gasteiger partial charge is 0.246 e. The van der Waals surface area contributed by atoms with Crippen molar-refractivity contribution in [2.24, 2.45) is 0 Å². The second-order valence-electron chi connectivity index (χ2n) is 4.40. The molecule has 0 atom stereocenters. The van der Waals surface area contributed by atoms with Crippen LogP contribution < -0.4 is 10.2 Å². The molecule has 16 heavy (non-hydrogen) atoms. The van der Waals surface area contributed by atoms with E-state index >= 15 is 0 Å². The maximum Gasteiger partial charge on any atom is 0.246 e. The molecule has 84 valence electrons. The molecular weight excluding hydrogens is 204 g/mol. The molecular formula is C12H14N2O2. The third kappa shape index (κ3) is 1.33. The zero-order chi connectivity index (χ0) is 11.1. The van der Waals surface area contributed by atoms with E-state index in [0.717, 1.165) is 24.2 Å². The third-order valence-corrected chi connectivity index (χ3v) is 3.38. The van der Waals surface area contributed by atoms with Gasteiger partial charge < -0.3 is 15.3 Å². The number of phenols is 1. The molecule has 0 aromatic heterocycles.